The van der Waals surface area contributed by atoms with E-state index in [1.54, 1.807) is 4.52 Å². The molecule has 1 fully saturated rings. The van der Waals surface area contributed by atoms with E-state index in [4.69, 9.17) is 11.6 Å². The molecule has 0 aromatic carbocycles. The van der Waals surface area contributed by atoms with E-state index < -0.39 is 0 Å². The van der Waals surface area contributed by atoms with Crippen LogP contribution >= 0.6 is 11.6 Å². The Kier molecular flexibility index (Phi) is 3.54. The molecule has 0 bridgehead atoms. The van der Waals surface area contributed by atoms with Gasteiger partial charge in [-0.05, 0) is 31.6 Å². The largest absolute Gasteiger partial charge is 0.367 e. The second kappa shape index (κ2) is 5.20. The van der Waals surface area contributed by atoms with E-state index in [1.165, 1.54) is 25.6 Å². The van der Waals surface area contributed by atoms with Gasteiger partial charge in [-0.25, -0.2) is 0 Å². The molecule has 0 saturated heterocycles. The van der Waals surface area contributed by atoms with Gasteiger partial charge in [-0.2, -0.15) is 19.6 Å². The third-order valence-electron chi connectivity index (χ3n) is 4.68. The van der Waals surface area contributed by atoms with Crippen LogP contribution in [0.4, 0.5) is 5.82 Å². The van der Waals surface area contributed by atoms with Crippen molar-refractivity contribution < 1.29 is 0 Å². The van der Waals surface area contributed by atoms with E-state index in [0.29, 0.717) is 22.9 Å². The van der Waals surface area contributed by atoms with Gasteiger partial charge in [0.25, 0.3) is 5.78 Å². The van der Waals surface area contributed by atoms with Crippen LogP contribution in [0.15, 0.2) is 6.33 Å². The first-order chi connectivity index (χ1) is 9.61. The van der Waals surface area contributed by atoms with Crippen LogP contribution in [0.5, 0.6) is 0 Å². The van der Waals surface area contributed by atoms with Crippen LogP contribution < -0.4 is 5.32 Å². The third-order valence-corrected chi connectivity index (χ3v) is 5.05. The quantitative estimate of drug-likeness (QED) is 0.882. The van der Waals surface area contributed by atoms with Crippen LogP contribution in [-0.4, -0.2) is 25.6 Å². The summed E-state index contributed by atoms with van der Waals surface area (Å²) < 4.78 is 1.74. The van der Waals surface area contributed by atoms with Gasteiger partial charge in [0.1, 0.15) is 17.3 Å². The molecule has 1 N–H and O–H groups in total. The zero-order valence-electron chi connectivity index (χ0n) is 12.1. The average molecular weight is 294 g/mol. The highest BCUT2D eigenvalue weighted by molar-refractivity contribution is 6.30. The zero-order chi connectivity index (χ0) is 14.3. The molecule has 6 heteroatoms. The molecule has 1 saturated carbocycles. The average Bonchev–Trinajstić information content (AvgIpc) is 3.02. The Morgan fingerprint density at radius 3 is 2.95 bits per heavy atom. The third kappa shape index (κ3) is 2.14. The highest BCUT2D eigenvalue weighted by Gasteiger charge is 2.32. The number of halogens is 1. The lowest BCUT2D eigenvalue weighted by Crippen LogP contribution is -2.26. The normalized spacial score (nSPS) is 26.3. The first-order valence-corrected chi connectivity index (χ1v) is 7.62. The second-order valence-corrected chi connectivity index (χ2v) is 6.06. The fourth-order valence-electron chi connectivity index (χ4n) is 3.27. The van der Waals surface area contributed by atoms with Gasteiger partial charge in [0, 0.05) is 11.6 Å². The maximum Gasteiger partial charge on any atom is 0.255 e. The number of hydrogen-bond donors (Lipinski definition) is 1. The molecule has 1 aliphatic rings. The summed E-state index contributed by atoms with van der Waals surface area (Å²) in [6.07, 6.45) is 5.23. The van der Waals surface area contributed by atoms with Crippen molar-refractivity contribution in [1.29, 1.82) is 0 Å². The number of hydrogen-bond acceptors (Lipinski definition) is 4. The van der Waals surface area contributed by atoms with Gasteiger partial charge in [-0.1, -0.05) is 31.9 Å². The molecule has 1 aliphatic carbocycles. The van der Waals surface area contributed by atoms with E-state index in [2.05, 4.69) is 34.2 Å². The molecule has 5 nitrogen and oxygen atoms in total. The summed E-state index contributed by atoms with van der Waals surface area (Å²) in [6.45, 7) is 6.57. The molecular weight excluding hydrogens is 274 g/mol. The molecule has 0 aliphatic heterocycles. The van der Waals surface area contributed by atoms with E-state index >= 15 is 0 Å². The predicted octanol–water partition coefficient (Wildman–Crippen LogP) is 3.32. The molecule has 0 amide bonds. The lowest BCUT2D eigenvalue weighted by molar-refractivity contribution is 0.391. The minimum Gasteiger partial charge on any atom is -0.367 e. The minimum absolute atomic E-state index is 0.463. The monoisotopic (exact) mass is 293 g/mol. The highest BCUT2D eigenvalue weighted by Crippen LogP contribution is 2.36. The Morgan fingerprint density at radius 2 is 2.25 bits per heavy atom. The summed E-state index contributed by atoms with van der Waals surface area (Å²) in [5, 5.41) is 8.37. The van der Waals surface area contributed by atoms with Crippen LogP contribution in [-0.2, 0) is 0 Å². The van der Waals surface area contributed by atoms with Crippen molar-refractivity contribution in [3.05, 3.63) is 17.0 Å². The molecule has 2 aromatic heterocycles. The van der Waals surface area contributed by atoms with Gasteiger partial charge < -0.3 is 5.32 Å². The Labute approximate surface area is 123 Å². The van der Waals surface area contributed by atoms with Crippen LogP contribution in [0.3, 0.4) is 0 Å². The molecular formula is C14H20ClN5. The van der Waals surface area contributed by atoms with Crippen LogP contribution in [0.2, 0.25) is 5.15 Å². The second-order valence-electron chi connectivity index (χ2n) is 5.70. The summed E-state index contributed by atoms with van der Waals surface area (Å²) >= 11 is 6.20. The molecule has 0 radical (unpaired) electrons. The lowest BCUT2D eigenvalue weighted by Gasteiger charge is -2.23. The number of nitrogens with zero attached hydrogens (tertiary/aromatic N) is 4. The maximum absolute atomic E-state index is 6.20. The van der Waals surface area contributed by atoms with Crippen molar-refractivity contribution in [3.63, 3.8) is 0 Å². The number of nitrogens with one attached hydrogen (secondary N) is 1. The van der Waals surface area contributed by atoms with Gasteiger partial charge in [0.2, 0.25) is 0 Å². The van der Waals surface area contributed by atoms with Crippen LogP contribution in [0.1, 0.15) is 38.7 Å². The highest BCUT2D eigenvalue weighted by atomic mass is 35.5. The minimum atomic E-state index is 0.463. The zero-order valence-corrected chi connectivity index (χ0v) is 12.9. The molecule has 2 aromatic rings. The first-order valence-electron chi connectivity index (χ1n) is 7.24. The number of fused-ring (bicyclic) bond motifs is 1. The lowest BCUT2D eigenvalue weighted by atomic mass is 9.93. The molecule has 108 valence electrons. The van der Waals surface area contributed by atoms with Crippen molar-refractivity contribution in [3.8, 4) is 0 Å². The summed E-state index contributed by atoms with van der Waals surface area (Å²) in [7, 11) is 0. The van der Waals surface area contributed by atoms with E-state index in [9.17, 15) is 0 Å². The SMILES string of the molecule is CCC1CCC(Nc2c(C)c(Cl)nc3ncnn23)C1C. The van der Waals surface area contributed by atoms with E-state index in [1.807, 2.05) is 6.92 Å². The number of rotatable bonds is 3. The van der Waals surface area contributed by atoms with Crippen LogP contribution in [0.25, 0.3) is 5.78 Å². The molecule has 20 heavy (non-hydrogen) atoms. The Balaban J connectivity index is 1.95. The maximum atomic E-state index is 6.20. The Hall–Kier alpha value is -1.36. The Morgan fingerprint density at radius 1 is 1.45 bits per heavy atom. The molecule has 2 heterocycles. The van der Waals surface area contributed by atoms with Gasteiger partial charge >= 0.3 is 0 Å². The van der Waals surface area contributed by atoms with Crippen molar-refractivity contribution in [2.24, 2.45) is 11.8 Å². The topological polar surface area (TPSA) is 55.1 Å². The van der Waals surface area contributed by atoms with Crippen molar-refractivity contribution >= 4 is 23.2 Å². The van der Waals surface area contributed by atoms with Crippen molar-refractivity contribution in [1.82, 2.24) is 19.6 Å². The van der Waals surface area contributed by atoms with Gasteiger partial charge in [-0.3, -0.25) is 0 Å². The molecule has 3 atom stereocenters. The van der Waals surface area contributed by atoms with E-state index in [0.717, 1.165) is 17.3 Å². The predicted molar refractivity (Wildman–Crippen MR) is 80.1 cm³/mol. The van der Waals surface area contributed by atoms with Gasteiger partial charge in [-0.15, -0.1) is 0 Å². The molecule has 0 spiro atoms. The molecule has 3 unspecified atom stereocenters. The van der Waals surface area contributed by atoms with Gasteiger partial charge in [0.05, 0.1) is 0 Å². The number of anilines is 1. The number of aromatic nitrogens is 4. The summed E-state index contributed by atoms with van der Waals surface area (Å²) in [4.78, 5) is 8.36. The van der Waals surface area contributed by atoms with Crippen molar-refractivity contribution in [2.45, 2.75) is 46.1 Å². The van der Waals surface area contributed by atoms with E-state index in [-0.39, 0.29) is 0 Å². The standard InChI is InChI=1S/C14H20ClN5/c1-4-10-5-6-11(8(10)2)18-13-9(3)12(15)19-14-16-7-17-20(13)14/h7-8,10-11,18H,4-6H2,1-3H3. The fraction of sp³-hybridized carbons (Fsp3) is 0.643. The summed E-state index contributed by atoms with van der Waals surface area (Å²) in [5.74, 6) is 2.92. The first kappa shape index (κ1) is 13.6. The molecule has 3 rings (SSSR count). The Bertz CT molecular complexity index is 623. The summed E-state index contributed by atoms with van der Waals surface area (Å²) in [6, 6.07) is 0.463. The fourth-order valence-corrected chi connectivity index (χ4v) is 3.44. The smallest absolute Gasteiger partial charge is 0.255 e. The van der Waals surface area contributed by atoms with Crippen molar-refractivity contribution in [2.75, 3.05) is 5.32 Å². The summed E-state index contributed by atoms with van der Waals surface area (Å²) in [5.41, 5.74) is 0.928. The van der Waals surface area contributed by atoms with Gasteiger partial charge in [0.15, 0.2) is 0 Å². The van der Waals surface area contributed by atoms with Crippen LogP contribution in [0, 0.1) is 18.8 Å².